The maximum atomic E-state index is 13.1. The van der Waals surface area contributed by atoms with Crippen molar-refractivity contribution in [2.24, 2.45) is 14.1 Å². The number of nitrogens with one attached hydrogen (secondary N) is 4. The van der Waals surface area contributed by atoms with Crippen LogP contribution in [0.4, 0.5) is 11.4 Å². The Kier molecular flexibility index (Phi) is 15.6. The normalized spacial score (nSPS) is 11.5. The van der Waals surface area contributed by atoms with Crippen LogP contribution in [0.1, 0.15) is 45.5 Å². The average Bonchev–Trinajstić information content (AvgIpc) is 4.01. The highest BCUT2D eigenvalue weighted by atomic mass is 16.2. The number of anilines is 2. The molecule has 4 N–H and O–H groups in total. The van der Waals surface area contributed by atoms with Crippen molar-refractivity contribution in [3.8, 4) is 34.7 Å². The lowest BCUT2D eigenvalue weighted by Gasteiger charge is -2.19. The number of rotatable bonds is 16. The fraction of sp³-hybridized carbons (Fsp3) is 0.154. The first-order valence-electron chi connectivity index (χ1n) is 21.3. The van der Waals surface area contributed by atoms with E-state index in [1.165, 1.54) is 0 Å². The maximum absolute atomic E-state index is 13.1. The van der Waals surface area contributed by atoms with Crippen LogP contribution in [0, 0.1) is 22.7 Å². The lowest BCUT2D eigenvalue weighted by Crippen LogP contribution is -2.34. The summed E-state index contributed by atoms with van der Waals surface area (Å²) >= 11 is 0. The minimum atomic E-state index is -0.511. The van der Waals surface area contributed by atoms with Gasteiger partial charge in [0.25, 0.3) is 0 Å². The van der Waals surface area contributed by atoms with Crippen molar-refractivity contribution >= 4 is 23.2 Å². The Morgan fingerprint density at radius 3 is 1.24 bits per heavy atom. The van der Waals surface area contributed by atoms with Crippen LogP contribution in [0.15, 0.2) is 171 Å². The standard InChI is InChI=1S/2C26H24N6O/c2*1-32-18-22(16-30-32)24-12-11-23(17-29-24)31-26(33)25(21-5-3-2-4-6-21)28-14-13-19-7-9-20(15-27)10-8-19/h2*2-12,16-18,25,28H,13-14H2,1H3,(H,31,33)/t2*25-/m10/s1. The van der Waals surface area contributed by atoms with Crippen molar-refractivity contribution in [2.45, 2.75) is 24.9 Å². The predicted octanol–water partition coefficient (Wildman–Crippen LogP) is 7.73. The van der Waals surface area contributed by atoms with Gasteiger partial charge in [0.05, 0.1) is 70.8 Å². The summed E-state index contributed by atoms with van der Waals surface area (Å²) in [5.74, 6) is -0.311. The molecule has 0 fully saturated rings. The van der Waals surface area contributed by atoms with Gasteiger partial charge in [-0.25, -0.2) is 0 Å². The van der Waals surface area contributed by atoms with Gasteiger partial charge in [0.15, 0.2) is 0 Å². The molecular weight excluding hydrogens is 825 g/mol. The first kappa shape index (κ1) is 45.5. The van der Waals surface area contributed by atoms with Crippen LogP contribution in [0.3, 0.4) is 0 Å². The number of nitriles is 2. The average molecular weight is 873 g/mol. The van der Waals surface area contributed by atoms with Crippen LogP contribution in [0.25, 0.3) is 22.5 Å². The van der Waals surface area contributed by atoms with Gasteiger partial charge in [0, 0.05) is 50.7 Å². The summed E-state index contributed by atoms with van der Waals surface area (Å²) in [6, 6.07) is 44.9. The van der Waals surface area contributed by atoms with Gasteiger partial charge in [0.2, 0.25) is 11.8 Å². The molecule has 0 radical (unpaired) electrons. The molecule has 0 spiro atoms. The molecular formula is C52H48N12O2. The highest BCUT2D eigenvalue weighted by Gasteiger charge is 2.22. The summed E-state index contributed by atoms with van der Waals surface area (Å²) < 4.78 is 3.45. The van der Waals surface area contributed by atoms with Crippen molar-refractivity contribution in [3.63, 3.8) is 0 Å². The van der Waals surface area contributed by atoms with E-state index in [2.05, 4.69) is 53.6 Å². The number of benzene rings is 4. The van der Waals surface area contributed by atoms with Crippen molar-refractivity contribution < 1.29 is 9.59 Å². The van der Waals surface area contributed by atoms with Gasteiger partial charge in [-0.3, -0.25) is 28.9 Å². The third-order valence-corrected chi connectivity index (χ3v) is 10.5. The number of nitrogens with zero attached hydrogens (tertiary/aromatic N) is 8. The zero-order chi connectivity index (χ0) is 46.1. The van der Waals surface area contributed by atoms with E-state index in [1.54, 1.807) is 58.4 Å². The van der Waals surface area contributed by atoms with Gasteiger partial charge >= 0.3 is 0 Å². The molecule has 4 heterocycles. The van der Waals surface area contributed by atoms with E-state index in [4.69, 9.17) is 10.5 Å². The van der Waals surface area contributed by atoms with Crippen molar-refractivity contribution in [1.82, 2.24) is 40.2 Å². The Balaban J connectivity index is 0.000000196. The molecule has 66 heavy (non-hydrogen) atoms. The molecule has 0 unspecified atom stereocenters. The Hall–Kier alpha value is -8.56. The summed E-state index contributed by atoms with van der Waals surface area (Å²) in [5.41, 5.74) is 9.92. The number of amides is 2. The van der Waals surface area contributed by atoms with Crippen LogP contribution in [0.5, 0.6) is 0 Å². The van der Waals surface area contributed by atoms with Gasteiger partial charge in [-0.15, -0.1) is 0 Å². The zero-order valence-electron chi connectivity index (χ0n) is 36.5. The molecule has 0 aliphatic rings. The number of hydrogen-bond donors (Lipinski definition) is 4. The van der Waals surface area contributed by atoms with Gasteiger partial charge in [0.1, 0.15) is 12.1 Å². The molecule has 0 aliphatic heterocycles. The molecule has 0 aliphatic carbocycles. The summed E-state index contributed by atoms with van der Waals surface area (Å²) in [6.45, 7) is 1.22. The molecule has 2 atom stereocenters. The monoisotopic (exact) mass is 872 g/mol. The van der Waals surface area contributed by atoms with Crippen LogP contribution in [-0.4, -0.2) is 54.4 Å². The van der Waals surface area contributed by atoms with Gasteiger partial charge in [-0.2, -0.15) is 20.7 Å². The highest BCUT2D eigenvalue weighted by Crippen LogP contribution is 2.22. The molecule has 0 bridgehead atoms. The van der Waals surface area contributed by atoms with E-state index in [0.717, 1.165) is 57.6 Å². The summed E-state index contributed by atoms with van der Waals surface area (Å²) in [7, 11) is 3.71. The molecule has 4 aromatic carbocycles. The second-order valence-electron chi connectivity index (χ2n) is 15.4. The molecule has 14 nitrogen and oxygen atoms in total. The largest absolute Gasteiger partial charge is 0.323 e. The fourth-order valence-electron chi connectivity index (χ4n) is 7.04. The van der Waals surface area contributed by atoms with E-state index in [-0.39, 0.29) is 11.8 Å². The van der Waals surface area contributed by atoms with Crippen molar-refractivity contribution in [2.75, 3.05) is 23.7 Å². The smallest absolute Gasteiger partial charge is 0.246 e. The lowest BCUT2D eigenvalue weighted by atomic mass is 10.0. The third-order valence-electron chi connectivity index (χ3n) is 10.5. The number of aryl methyl sites for hydroxylation is 2. The Morgan fingerprint density at radius 2 is 0.924 bits per heavy atom. The van der Waals surface area contributed by atoms with Crippen LogP contribution in [0.2, 0.25) is 0 Å². The van der Waals surface area contributed by atoms with Crippen molar-refractivity contribution in [1.29, 1.82) is 10.5 Å². The molecule has 4 aromatic heterocycles. The molecule has 0 saturated heterocycles. The molecule has 8 aromatic rings. The zero-order valence-corrected chi connectivity index (χ0v) is 36.5. The van der Waals surface area contributed by atoms with Crippen LogP contribution >= 0.6 is 0 Å². The van der Waals surface area contributed by atoms with Gasteiger partial charge in [-0.1, -0.05) is 84.9 Å². The quantitative estimate of drug-likeness (QED) is 0.0747. The van der Waals surface area contributed by atoms with E-state index in [0.29, 0.717) is 35.6 Å². The fourth-order valence-corrected chi connectivity index (χ4v) is 7.04. The van der Waals surface area contributed by atoms with E-state index in [1.807, 2.05) is 136 Å². The first-order chi connectivity index (χ1) is 32.2. The van der Waals surface area contributed by atoms with Crippen LogP contribution < -0.4 is 21.3 Å². The molecule has 0 saturated carbocycles. The lowest BCUT2D eigenvalue weighted by molar-refractivity contribution is -0.119. The first-order valence-corrected chi connectivity index (χ1v) is 21.3. The number of carbonyl (C=O) groups is 2. The summed E-state index contributed by atoms with van der Waals surface area (Å²) in [4.78, 5) is 35.2. The van der Waals surface area contributed by atoms with E-state index in [9.17, 15) is 9.59 Å². The minimum Gasteiger partial charge on any atom is -0.323 e. The second kappa shape index (κ2) is 22.7. The predicted molar refractivity (Wildman–Crippen MR) is 254 cm³/mol. The second-order valence-corrected chi connectivity index (χ2v) is 15.4. The Labute approximate surface area is 383 Å². The van der Waals surface area contributed by atoms with Crippen LogP contribution in [-0.2, 0) is 36.5 Å². The highest BCUT2D eigenvalue weighted by molar-refractivity contribution is 5.96. The number of aromatic nitrogens is 6. The number of hydrogen-bond acceptors (Lipinski definition) is 10. The SMILES string of the molecule is Cn1cc(-c2ccc(NC(=O)[C@@H](NCCc3ccc(C#N)cc3)c3ccccc3)cn2)cn1.Cn1cc(-c2ccc(NC(=O)[C@H](NCCc3ccc(C#N)cc3)c3ccccc3)cn2)cn1. The third kappa shape index (κ3) is 12.8. The molecule has 14 heteroatoms. The minimum absolute atomic E-state index is 0.156. The van der Waals surface area contributed by atoms with Gasteiger partial charge in [-0.05, 0) is 83.6 Å². The Bertz CT molecular complexity index is 2680. The summed E-state index contributed by atoms with van der Waals surface area (Å²) in [6.07, 6.45) is 12.1. The number of pyridine rings is 2. The summed E-state index contributed by atoms with van der Waals surface area (Å²) in [5, 5.41) is 38.9. The molecule has 8 rings (SSSR count). The Morgan fingerprint density at radius 1 is 0.530 bits per heavy atom. The van der Waals surface area contributed by atoms with Crippen molar-refractivity contribution in [3.05, 3.63) is 204 Å². The van der Waals surface area contributed by atoms with Gasteiger partial charge < -0.3 is 21.3 Å². The molecule has 328 valence electrons. The van der Waals surface area contributed by atoms with E-state index >= 15 is 0 Å². The van der Waals surface area contributed by atoms with E-state index < -0.39 is 12.1 Å². The molecule has 2 amide bonds. The maximum Gasteiger partial charge on any atom is 0.246 e. The number of carbonyl (C=O) groups excluding carboxylic acids is 2. The topological polar surface area (TPSA) is 191 Å².